The summed E-state index contributed by atoms with van der Waals surface area (Å²) in [6.07, 6.45) is 7.03. The summed E-state index contributed by atoms with van der Waals surface area (Å²) in [5, 5.41) is 0. The second-order valence-electron chi connectivity index (χ2n) is 6.20. The number of amides is 1. The van der Waals surface area contributed by atoms with E-state index in [1.165, 1.54) is 6.08 Å². The van der Waals surface area contributed by atoms with Gasteiger partial charge in [-0.1, -0.05) is 13.0 Å². The average molecular weight is 361 g/mol. The molecule has 142 valence electrons. The Labute approximate surface area is 154 Å². The molecule has 1 saturated heterocycles. The second-order valence-corrected chi connectivity index (χ2v) is 6.20. The topological polar surface area (TPSA) is 65.1 Å². The van der Waals surface area contributed by atoms with Crippen molar-refractivity contribution in [1.82, 2.24) is 4.90 Å². The minimum Gasteiger partial charge on any atom is -0.493 e. The minimum absolute atomic E-state index is 0.121. The first-order chi connectivity index (χ1) is 12.6. The van der Waals surface area contributed by atoms with Crippen LogP contribution in [0.25, 0.3) is 6.08 Å². The molecule has 0 saturated carbocycles. The zero-order valence-corrected chi connectivity index (χ0v) is 15.7. The zero-order valence-electron chi connectivity index (χ0n) is 15.7. The van der Waals surface area contributed by atoms with Gasteiger partial charge in [0.1, 0.15) is 0 Å². The molecule has 1 unspecified atom stereocenters. The van der Waals surface area contributed by atoms with Crippen LogP contribution in [0.15, 0.2) is 24.3 Å². The Morgan fingerprint density at radius 3 is 2.65 bits per heavy atom. The van der Waals surface area contributed by atoms with E-state index in [-0.39, 0.29) is 18.6 Å². The Bertz CT molecular complexity index is 656. The van der Waals surface area contributed by atoms with E-state index in [0.29, 0.717) is 11.5 Å². The van der Waals surface area contributed by atoms with Crippen LogP contribution in [0.5, 0.6) is 11.5 Å². The van der Waals surface area contributed by atoms with E-state index in [9.17, 15) is 9.59 Å². The SMILES string of the molecule is CCC1CCCCN1C(=O)COC(=O)/C=C/c1ccc(OC)c(OC)c1. The third kappa shape index (κ3) is 5.25. The van der Waals surface area contributed by atoms with Crippen LogP contribution in [0.4, 0.5) is 0 Å². The summed E-state index contributed by atoms with van der Waals surface area (Å²) in [5.74, 6) is 0.529. The lowest BCUT2D eigenvalue weighted by molar-refractivity contribution is -0.150. The summed E-state index contributed by atoms with van der Waals surface area (Å²) < 4.78 is 15.5. The van der Waals surface area contributed by atoms with Crippen molar-refractivity contribution in [2.75, 3.05) is 27.4 Å². The van der Waals surface area contributed by atoms with E-state index in [2.05, 4.69) is 6.92 Å². The van der Waals surface area contributed by atoms with E-state index >= 15 is 0 Å². The van der Waals surface area contributed by atoms with Crippen molar-refractivity contribution in [3.8, 4) is 11.5 Å². The lowest BCUT2D eigenvalue weighted by atomic mass is 10.00. The van der Waals surface area contributed by atoms with Crippen molar-refractivity contribution in [2.45, 2.75) is 38.6 Å². The molecule has 0 radical (unpaired) electrons. The smallest absolute Gasteiger partial charge is 0.331 e. The molecule has 0 aromatic heterocycles. The van der Waals surface area contributed by atoms with Gasteiger partial charge in [0, 0.05) is 18.7 Å². The predicted molar refractivity (Wildman–Crippen MR) is 99.2 cm³/mol. The molecule has 0 bridgehead atoms. The van der Waals surface area contributed by atoms with Crippen LogP contribution in [0.3, 0.4) is 0 Å². The van der Waals surface area contributed by atoms with Gasteiger partial charge in [0.15, 0.2) is 18.1 Å². The van der Waals surface area contributed by atoms with E-state index in [1.54, 1.807) is 38.5 Å². The Morgan fingerprint density at radius 1 is 1.19 bits per heavy atom. The number of methoxy groups -OCH3 is 2. The molecular weight excluding hydrogens is 334 g/mol. The standard InChI is InChI=1S/C20H27NO5/c1-4-16-7-5-6-12-21(16)19(22)14-26-20(23)11-9-15-8-10-17(24-2)18(13-15)25-3/h8-11,13,16H,4-7,12,14H2,1-3H3/b11-9+. The van der Waals surface area contributed by atoms with Crippen LogP contribution < -0.4 is 9.47 Å². The second kappa shape index (κ2) is 9.85. The van der Waals surface area contributed by atoms with Gasteiger partial charge in [0.25, 0.3) is 5.91 Å². The minimum atomic E-state index is -0.543. The molecule has 0 aliphatic carbocycles. The van der Waals surface area contributed by atoms with Crippen molar-refractivity contribution < 1.29 is 23.8 Å². The highest BCUT2D eigenvalue weighted by Gasteiger charge is 2.25. The molecule has 1 heterocycles. The number of hydrogen-bond acceptors (Lipinski definition) is 5. The Morgan fingerprint density at radius 2 is 1.96 bits per heavy atom. The highest BCUT2D eigenvalue weighted by atomic mass is 16.5. The number of carbonyl (C=O) groups excluding carboxylic acids is 2. The molecule has 0 N–H and O–H groups in total. The molecule has 0 spiro atoms. The van der Waals surface area contributed by atoms with Gasteiger partial charge >= 0.3 is 5.97 Å². The lowest BCUT2D eigenvalue weighted by Gasteiger charge is -2.35. The number of rotatable bonds is 7. The van der Waals surface area contributed by atoms with Crippen LogP contribution in [0, 0.1) is 0 Å². The van der Waals surface area contributed by atoms with Gasteiger partial charge < -0.3 is 19.1 Å². The van der Waals surface area contributed by atoms with Gasteiger partial charge in [-0.3, -0.25) is 4.79 Å². The fourth-order valence-corrected chi connectivity index (χ4v) is 3.14. The van der Waals surface area contributed by atoms with E-state index in [0.717, 1.165) is 37.8 Å². The number of carbonyl (C=O) groups is 2. The number of benzene rings is 1. The van der Waals surface area contributed by atoms with Crippen molar-refractivity contribution in [3.05, 3.63) is 29.8 Å². The number of esters is 1. The number of likely N-dealkylation sites (tertiary alicyclic amines) is 1. The number of ether oxygens (including phenoxy) is 3. The average Bonchev–Trinajstić information content (AvgIpc) is 2.69. The molecule has 1 aliphatic heterocycles. The van der Waals surface area contributed by atoms with E-state index in [1.807, 2.05) is 4.90 Å². The maximum absolute atomic E-state index is 12.3. The van der Waals surface area contributed by atoms with Gasteiger partial charge in [-0.15, -0.1) is 0 Å². The van der Waals surface area contributed by atoms with Crippen LogP contribution in [0.1, 0.15) is 38.2 Å². The molecule has 6 heteroatoms. The number of hydrogen-bond donors (Lipinski definition) is 0. The highest BCUT2D eigenvalue weighted by molar-refractivity contribution is 5.89. The highest BCUT2D eigenvalue weighted by Crippen LogP contribution is 2.28. The molecule has 1 fully saturated rings. The fraction of sp³-hybridized carbons (Fsp3) is 0.500. The van der Waals surface area contributed by atoms with Crippen LogP contribution in [-0.4, -0.2) is 50.2 Å². The largest absolute Gasteiger partial charge is 0.493 e. The Hall–Kier alpha value is -2.50. The van der Waals surface area contributed by atoms with Crippen LogP contribution >= 0.6 is 0 Å². The van der Waals surface area contributed by atoms with E-state index in [4.69, 9.17) is 14.2 Å². The van der Waals surface area contributed by atoms with Gasteiger partial charge in [-0.05, 0) is 49.5 Å². The summed E-state index contributed by atoms with van der Waals surface area (Å²) in [4.78, 5) is 26.0. The maximum Gasteiger partial charge on any atom is 0.331 e. The third-order valence-electron chi connectivity index (χ3n) is 4.58. The van der Waals surface area contributed by atoms with Crippen molar-refractivity contribution in [2.24, 2.45) is 0 Å². The fourth-order valence-electron chi connectivity index (χ4n) is 3.14. The normalized spacial score (nSPS) is 17.2. The van der Waals surface area contributed by atoms with Gasteiger partial charge in [0.05, 0.1) is 14.2 Å². The predicted octanol–water partition coefficient (Wildman–Crippen LogP) is 3.05. The third-order valence-corrected chi connectivity index (χ3v) is 4.58. The van der Waals surface area contributed by atoms with Crippen LogP contribution in [-0.2, 0) is 14.3 Å². The molecule has 1 aromatic carbocycles. The first-order valence-electron chi connectivity index (χ1n) is 8.95. The molecule has 1 aliphatic rings. The summed E-state index contributed by atoms with van der Waals surface area (Å²) in [6, 6.07) is 5.58. The number of piperidine rings is 1. The van der Waals surface area contributed by atoms with Gasteiger partial charge in [-0.2, -0.15) is 0 Å². The molecule has 6 nitrogen and oxygen atoms in total. The molecule has 26 heavy (non-hydrogen) atoms. The Balaban J connectivity index is 1.88. The summed E-state index contributed by atoms with van der Waals surface area (Å²) in [6.45, 7) is 2.61. The molecular formula is C20H27NO5. The van der Waals surface area contributed by atoms with Crippen molar-refractivity contribution in [3.63, 3.8) is 0 Å². The molecule has 2 rings (SSSR count). The van der Waals surface area contributed by atoms with E-state index < -0.39 is 5.97 Å². The Kier molecular flexibility index (Phi) is 7.51. The van der Waals surface area contributed by atoms with Gasteiger partial charge in [-0.25, -0.2) is 4.79 Å². The molecule has 1 atom stereocenters. The molecule has 1 amide bonds. The monoisotopic (exact) mass is 361 g/mol. The summed E-state index contributed by atoms with van der Waals surface area (Å²) in [7, 11) is 3.11. The maximum atomic E-state index is 12.3. The number of nitrogens with zero attached hydrogens (tertiary/aromatic N) is 1. The van der Waals surface area contributed by atoms with Crippen molar-refractivity contribution in [1.29, 1.82) is 0 Å². The first-order valence-corrected chi connectivity index (χ1v) is 8.95. The van der Waals surface area contributed by atoms with Crippen molar-refractivity contribution >= 4 is 18.0 Å². The van der Waals surface area contributed by atoms with Crippen LogP contribution in [0.2, 0.25) is 0 Å². The molecule has 1 aromatic rings. The summed E-state index contributed by atoms with van der Waals surface area (Å²) in [5.41, 5.74) is 0.771. The zero-order chi connectivity index (χ0) is 18.9. The summed E-state index contributed by atoms with van der Waals surface area (Å²) >= 11 is 0. The van der Waals surface area contributed by atoms with Gasteiger partial charge in [0.2, 0.25) is 0 Å². The quantitative estimate of drug-likeness (QED) is 0.552. The first kappa shape index (κ1) is 19.8. The lowest BCUT2D eigenvalue weighted by Crippen LogP contribution is -2.45.